The molecule has 1 aliphatic rings. The number of rotatable bonds is 12. The summed E-state index contributed by atoms with van der Waals surface area (Å²) in [5.74, 6) is -4.96. The molecule has 0 radical (unpaired) electrons. The lowest BCUT2D eigenvalue weighted by atomic mass is 9.95. The van der Waals surface area contributed by atoms with Crippen LogP contribution in [0.25, 0.3) is 0 Å². The van der Waals surface area contributed by atoms with Crippen LogP contribution in [-0.2, 0) is 65.7 Å². The molecule has 6 unspecified atom stereocenters. The summed E-state index contributed by atoms with van der Waals surface area (Å²) in [6, 6.07) is 17.3. The summed E-state index contributed by atoms with van der Waals surface area (Å²) >= 11 is 0. The van der Waals surface area contributed by atoms with Crippen molar-refractivity contribution in [1.82, 2.24) is 15.3 Å². The second-order valence-electron chi connectivity index (χ2n) is 10.9. The van der Waals surface area contributed by atoms with Crippen molar-refractivity contribution in [2.24, 2.45) is 0 Å². The fourth-order valence-corrected chi connectivity index (χ4v) is 5.05. The van der Waals surface area contributed by atoms with Gasteiger partial charge in [-0.3, -0.25) is 28.8 Å². The van der Waals surface area contributed by atoms with Gasteiger partial charge in [-0.1, -0.05) is 60.7 Å². The fourth-order valence-electron chi connectivity index (χ4n) is 5.05. The minimum Gasteiger partial charge on any atom is -0.457 e. The summed E-state index contributed by atoms with van der Waals surface area (Å²) in [5, 5.41) is 3.50. The molecule has 5 amide bonds. The molecule has 1 saturated heterocycles. The Morgan fingerprint density at radius 3 is 1.79 bits per heavy atom. The highest BCUT2D eigenvalue weighted by Gasteiger charge is 2.51. The van der Waals surface area contributed by atoms with Crippen molar-refractivity contribution in [2.75, 3.05) is 6.61 Å². The van der Waals surface area contributed by atoms with Gasteiger partial charge in [0.2, 0.25) is 23.6 Å². The number of benzene rings is 2. The number of hydrogen-bond acceptors (Lipinski definition) is 11. The number of ether oxygens (including phenoxy) is 5. The summed E-state index contributed by atoms with van der Waals surface area (Å²) in [7, 11) is 0. The molecule has 6 atom stereocenters. The normalized spacial score (nSPS) is 21.2. The molecule has 1 aliphatic heterocycles. The molecule has 254 valence electrons. The summed E-state index contributed by atoms with van der Waals surface area (Å²) in [4.78, 5) is 75.5. The van der Waals surface area contributed by atoms with Crippen molar-refractivity contribution in [1.29, 1.82) is 0 Å². The summed E-state index contributed by atoms with van der Waals surface area (Å²) < 4.78 is 30.2. The van der Waals surface area contributed by atoms with Crippen LogP contribution in [0.2, 0.25) is 0 Å². The monoisotopic (exact) mass is 655 g/mol. The van der Waals surface area contributed by atoms with Gasteiger partial charge in [-0.25, -0.2) is 0 Å². The van der Waals surface area contributed by atoms with Crippen LogP contribution in [0.5, 0.6) is 0 Å². The second kappa shape index (κ2) is 17.4. The summed E-state index contributed by atoms with van der Waals surface area (Å²) in [6.07, 6.45) is -6.29. The maximum atomic E-state index is 13.6. The van der Waals surface area contributed by atoms with Crippen molar-refractivity contribution >= 4 is 35.5 Å². The van der Waals surface area contributed by atoms with E-state index in [2.05, 4.69) is 5.32 Å². The van der Waals surface area contributed by atoms with E-state index < -0.39 is 72.3 Å². The van der Waals surface area contributed by atoms with Gasteiger partial charge in [0.15, 0.2) is 12.4 Å². The Labute approximate surface area is 273 Å². The van der Waals surface area contributed by atoms with E-state index in [1.54, 1.807) is 0 Å². The Morgan fingerprint density at radius 1 is 0.766 bits per heavy atom. The molecular weight excluding hydrogens is 614 g/mol. The van der Waals surface area contributed by atoms with E-state index in [-0.39, 0.29) is 19.8 Å². The molecule has 1 N–H and O–H groups in total. The van der Waals surface area contributed by atoms with Gasteiger partial charge in [0.1, 0.15) is 24.4 Å². The lowest BCUT2D eigenvalue weighted by Crippen LogP contribution is -2.67. The maximum Gasteiger partial charge on any atom is 0.303 e. The Morgan fingerprint density at radius 2 is 1.30 bits per heavy atom. The summed E-state index contributed by atoms with van der Waals surface area (Å²) in [5.41, 5.74) is 1.67. The first-order valence-electron chi connectivity index (χ1n) is 15.0. The van der Waals surface area contributed by atoms with Crippen molar-refractivity contribution in [3.63, 3.8) is 0 Å². The van der Waals surface area contributed by atoms with E-state index in [1.807, 2.05) is 60.7 Å². The smallest absolute Gasteiger partial charge is 0.303 e. The minimum atomic E-state index is -1.52. The quantitative estimate of drug-likeness (QED) is 0.263. The van der Waals surface area contributed by atoms with Crippen LogP contribution < -0.4 is 5.32 Å². The van der Waals surface area contributed by atoms with Crippen LogP contribution in [0.15, 0.2) is 60.7 Å². The molecule has 14 heteroatoms. The molecule has 0 bridgehead atoms. The zero-order valence-electron chi connectivity index (χ0n) is 27.2. The van der Waals surface area contributed by atoms with E-state index in [0.717, 1.165) is 31.9 Å². The Hall–Kier alpha value is -4.50. The van der Waals surface area contributed by atoms with Crippen LogP contribution in [0.4, 0.5) is 0 Å². The predicted molar refractivity (Wildman–Crippen MR) is 164 cm³/mol. The zero-order valence-corrected chi connectivity index (χ0v) is 27.2. The number of hydrogen-bond donors (Lipinski definition) is 1. The molecule has 3 rings (SSSR count). The van der Waals surface area contributed by atoms with E-state index in [1.165, 1.54) is 20.8 Å². The third-order valence-electron chi connectivity index (χ3n) is 6.98. The number of esters is 1. The lowest BCUT2D eigenvalue weighted by molar-refractivity contribution is -0.289. The highest BCUT2D eigenvalue weighted by atomic mass is 16.7. The number of imide groups is 2. The van der Waals surface area contributed by atoms with Gasteiger partial charge in [0.05, 0.1) is 19.8 Å². The van der Waals surface area contributed by atoms with Crippen LogP contribution in [-0.4, -0.2) is 88.9 Å². The van der Waals surface area contributed by atoms with Crippen molar-refractivity contribution in [3.05, 3.63) is 71.8 Å². The molecule has 1 fully saturated rings. The molecule has 14 nitrogen and oxygen atoms in total. The number of nitrogens with zero attached hydrogens (tertiary/aromatic N) is 2. The number of amides is 5. The lowest BCUT2D eigenvalue weighted by Gasteiger charge is -2.46. The molecule has 47 heavy (non-hydrogen) atoms. The fraction of sp³-hybridized carbons (Fsp3) is 0.455. The van der Waals surface area contributed by atoms with Crippen LogP contribution in [0.3, 0.4) is 0 Å². The van der Waals surface area contributed by atoms with E-state index >= 15 is 0 Å². The number of carbonyl (C=O) groups is 6. The molecule has 1 heterocycles. The minimum absolute atomic E-state index is 0.0585. The zero-order chi connectivity index (χ0) is 34.7. The largest absolute Gasteiger partial charge is 0.457 e. The van der Waals surface area contributed by atoms with Gasteiger partial charge < -0.3 is 29.0 Å². The number of hydrazine groups is 1. The van der Waals surface area contributed by atoms with Gasteiger partial charge in [-0.05, 0) is 18.1 Å². The van der Waals surface area contributed by atoms with Crippen LogP contribution >= 0.6 is 0 Å². The maximum absolute atomic E-state index is 13.6. The number of nitrogens with one attached hydrogen (secondary N) is 1. The average molecular weight is 656 g/mol. The topological polar surface area (TPSA) is 167 Å². The highest BCUT2D eigenvalue weighted by Crippen LogP contribution is 2.30. The SMILES string of the molecule is CC(=O)NC1C(OCc2ccccc2)OC(COCc2ccccc2)C(OC(C)=O)C1OC(C)C(=O)N(C(C)=O)N(C(C)=O)C(C)=O. The number of carbonyl (C=O) groups excluding carboxylic acids is 6. The molecular formula is C33H41N3O11. The molecule has 2 aromatic rings. The molecule has 2 aromatic carbocycles. The molecule has 0 saturated carbocycles. The second-order valence-corrected chi connectivity index (χ2v) is 10.9. The third kappa shape index (κ3) is 10.5. The van der Waals surface area contributed by atoms with Crippen molar-refractivity contribution in [2.45, 2.75) is 91.5 Å². The van der Waals surface area contributed by atoms with Crippen LogP contribution in [0, 0.1) is 0 Å². The first-order chi connectivity index (χ1) is 22.3. The van der Waals surface area contributed by atoms with Gasteiger partial charge in [0.25, 0.3) is 5.91 Å². The molecule has 0 aromatic heterocycles. The predicted octanol–water partition coefficient (Wildman–Crippen LogP) is 2.04. The van der Waals surface area contributed by atoms with Gasteiger partial charge >= 0.3 is 5.97 Å². The Kier molecular flexibility index (Phi) is 13.7. The first-order valence-corrected chi connectivity index (χ1v) is 15.0. The summed E-state index contributed by atoms with van der Waals surface area (Å²) in [6.45, 7) is 6.91. The van der Waals surface area contributed by atoms with Crippen LogP contribution in [0.1, 0.15) is 52.7 Å². The standard InChI is InChI=1S/C33H41N3O11/c1-20(32(42)36(24(5)40)35(22(3)38)23(4)39)45-31-29(34-21(2)37)33(44-18-27-15-11-8-12-16-27)47-28(30(31)46-25(6)41)19-43-17-26-13-9-7-10-14-26/h7-16,20,28-31,33H,17-19H2,1-6H3,(H,34,37). The Balaban J connectivity index is 2.00. The molecule has 0 spiro atoms. The third-order valence-corrected chi connectivity index (χ3v) is 6.98. The highest BCUT2D eigenvalue weighted by molar-refractivity contribution is 6.03. The average Bonchev–Trinajstić information content (AvgIpc) is 3.01. The van der Waals surface area contributed by atoms with Crippen molar-refractivity contribution < 1.29 is 52.5 Å². The van der Waals surface area contributed by atoms with E-state index in [9.17, 15) is 28.8 Å². The van der Waals surface area contributed by atoms with Crippen molar-refractivity contribution in [3.8, 4) is 0 Å². The van der Waals surface area contributed by atoms with E-state index in [4.69, 9.17) is 23.7 Å². The Bertz CT molecular complexity index is 1390. The van der Waals surface area contributed by atoms with Gasteiger partial charge in [0, 0.05) is 34.6 Å². The first kappa shape index (κ1) is 37.0. The molecule has 0 aliphatic carbocycles. The van der Waals surface area contributed by atoms with E-state index in [0.29, 0.717) is 10.0 Å². The van der Waals surface area contributed by atoms with Gasteiger partial charge in [-0.2, -0.15) is 10.0 Å². The van der Waals surface area contributed by atoms with Gasteiger partial charge in [-0.15, -0.1) is 0 Å².